The van der Waals surface area contributed by atoms with E-state index in [-0.39, 0.29) is 17.7 Å². The molecule has 6 heteroatoms. The van der Waals surface area contributed by atoms with Crippen LogP contribution in [-0.4, -0.2) is 41.2 Å². The van der Waals surface area contributed by atoms with Crippen molar-refractivity contribution < 1.29 is 14.0 Å². The summed E-state index contributed by atoms with van der Waals surface area (Å²) in [5, 5.41) is 8.81. The van der Waals surface area contributed by atoms with Gasteiger partial charge in [-0.3, -0.25) is 9.59 Å². The number of halogens is 1. The molecule has 0 N–H and O–H groups in total. The van der Waals surface area contributed by atoms with Gasteiger partial charge in [0, 0.05) is 31.7 Å². The highest BCUT2D eigenvalue weighted by Crippen LogP contribution is 2.16. The first-order chi connectivity index (χ1) is 10.1. The van der Waals surface area contributed by atoms with Crippen LogP contribution in [-0.2, 0) is 16.1 Å². The van der Waals surface area contributed by atoms with Crippen molar-refractivity contribution in [3.8, 4) is 6.07 Å². The third-order valence-corrected chi connectivity index (χ3v) is 3.45. The fraction of sp³-hybridized carbons (Fsp3) is 0.400. The summed E-state index contributed by atoms with van der Waals surface area (Å²) in [7, 11) is 0. The highest BCUT2D eigenvalue weighted by molar-refractivity contribution is 6.35. The van der Waals surface area contributed by atoms with Crippen LogP contribution in [0, 0.1) is 17.1 Å². The van der Waals surface area contributed by atoms with E-state index in [4.69, 9.17) is 5.26 Å². The highest BCUT2D eigenvalue weighted by atomic mass is 19.1. The van der Waals surface area contributed by atoms with Gasteiger partial charge in [0.25, 0.3) is 0 Å². The van der Waals surface area contributed by atoms with Gasteiger partial charge >= 0.3 is 11.8 Å². The van der Waals surface area contributed by atoms with Gasteiger partial charge in [0.1, 0.15) is 11.9 Å². The average Bonchev–Trinajstić information content (AvgIpc) is 2.49. The predicted octanol–water partition coefficient (Wildman–Crippen LogP) is 1.28. The topological polar surface area (TPSA) is 64.4 Å². The smallest absolute Gasteiger partial charge is 0.312 e. The van der Waals surface area contributed by atoms with E-state index in [1.807, 2.05) is 6.92 Å². The van der Waals surface area contributed by atoms with E-state index >= 15 is 0 Å². The van der Waals surface area contributed by atoms with Gasteiger partial charge in [-0.25, -0.2) is 4.39 Å². The molecular formula is C15H16FN3O2. The normalized spacial score (nSPS) is 15.3. The van der Waals surface area contributed by atoms with Crippen molar-refractivity contribution in [2.24, 2.45) is 0 Å². The zero-order valence-corrected chi connectivity index (χ0v) is 11.8. The summed E-state index contributed by atoms with van der Waals surface area (Å²) in [6.07, 6.45) is 0.790. The number of nitrogens with zero attached hydrogens (tertiary/aromatic N) is 3. The Labute approximate surface area is 122 Å². The van der Waals surface area contributed by atoms with E-state index < -0.39 is 17.6 Å². The van der Waals surface area contributed by atoms with E-state index in [1.54, 1.807) is 12.1 Å². The molecule has 1 aliphatic heterocycles. The summed E-state index contributed by atoms with van der Waals surface area (Å²) < 4.78 is 14.0. The molecular weight excluding hydrogens is 273 g/mol. The van der Waals surface area contributed by atoms with Gasteiger partial charge in [-0.15, -0.1) is 0 Å². The van der Waals surface area contributed by atoms with Crippen LogP contribution in [0.15, 0.2) is 18.2 Å². The van der Waals surface area contributed by atoms with Crippen molar-refractivity contribution in [1.82, 2.24) is 9.80 Å². The number of rotatable bonds is 4. The summed E-state index contributed by atoms with van der Waals surface area (Å²) in [5.74, 6) is -1.78. The van der Waals surface area contributed by atoms with Crippen molar-refractivity contribution in [2.75, 3.05) is 19.6 Å². The minimum Gasteiger partial charge on any atom is -0.333 e. The SMILES string of the molecule is CCCN1CCN(Cc2cccc(C#N)c2F)C(=O)C1=O. The Kier molecular flexibility index (Phi) is 4.53. The first kappa shape index (κ1) is 15.0. The average molecular weight is 289 g/mol. The molecule has 0 radical (unpaired) electrons. The molecule has 0 aliphatic carbocycles. The first-order valence-electron chi connectivity index (χ1n) is 6.84. The molecule has 1 aliphatic rings. The van der Waals surface area contributed by atoms with Crippen molar-refractivity contribution in [1.29, 1.82) is 5.26 Å². The van der Waals surface area contributed by atoms with Gasteiger partial charge in [-0.05, 0) is 12.5 Å². The van der Waals surface area contributed by atoms with E-state index in [0.29, 0.717) is 19.6 Å². The van der Waals surface area contributed by atoms with Gasteiger partial charge in [0.15, 0.2) is 0 Å². The molecule has 2 amide bonds. The number of benzene rings is 1. The Balaban J connectivity index is 2.13. The third-order valence-electron chi connectivity index (χ3n) is 3.45. The van der Waals surface area contributed by atoms with Gasteiger partial charge in [0.05, 0.1) is 5.56 Å². The van der Waals surface area contributed by atoms with Crippen molar-refractivity contribution in [3.63, 3.8) is 0 Å². The van der Waals surface area contributed by atoms with Crippen LogP contribution in [0.3, 0.4) is 0 Å². The standard InChI is InChI=1S/C15H16FN3O2/c1-2-6-18-7-8-19(15(21)14(18)20)10-12-5-3-4-11(9-17)13(12)16/h3-5H,2,6-8,10H2,1H3. The van der Waals surface area contributed by atoms with Crippen LogP contribution in [0.1, 0.15) is 24.5 Å². The van der Waals surface area contributed by atoms with Crippen LogP contribution in [0.2, 0.25) is 0 Å². The molecule has 0 bridgehead atoms. The largest absolute Gasteiger partial charge is 0.333 e. The maximum absolute atomic E-state index is 14.0. The fourth-order valence-electron chi connectivity index (χ4n) is 2.34. The van der Waals surface area contributed by atoms with Gasteiger partial charge in [-0.1, -0.05) is 19.1 Å². The Morgan fingerprint density at radius 2 is 1.90 bits per heavy atom. The Hall–Kier alpha value is -2.42. The molecule has 1 saturated heterocycles. The van der Waals surface area contributed by atoms with Crippen molar-refractivity contribution >= 4 is 11.8 Å². The highest BCUT2D eigenvalue weighted by Gasteiger charge is 2.32. The molecule has 0 aromatic heterocycles. The predicted molar refractivity (Wildman–Crippen MR) is 73.4 cm³/mol. The Morgan fingerprint density at radius 3 is 2.57 bits per heavy atom. The summed E-state index contributed by atoms with van der Waals surface area (Å²) in [6.45, 7) is 3.33. The minimum absolute atomic E-state index is 0.00584. The molecule has 0 unspecified atom stereocenters. The third kappa shape index (κ3) is 3.02. The molecule has 21 heavy (non-hydrogen) atoms. The first-order valence-corrected chi connectivity index (χ1v) is 6.84. The Bertz CT molecular complexity index is 609. The second kappa shape index (κ2) is 6.35. The van der Waals surface area contributed by atoms with E-state index in [2.05, 4.69) is 0 Å². The summed E-state index contributed by atoms with van der Waals surface area (Å²) in [4.78, 5) is 26.8. The molecule has 0 spiro atoms. The quantitative estimate of drug-likeness (QED) is 0.784. The van der Waals surface area contributed by atoms with Crippen LogP contribution in [0.5, 0.6) is 0 Å². The maximum atomic E-state index is 14.0. The zero-order chi connectivity index (χ0) is 15.4. The molecule has 0 atom stereocenters. The number of nitriles is 1. The molecule has 1 aromatic carbocycles. The second-order valence-electron chi connectivity index (χ2n) is 4.91. The maximum Gasteiger partial charge on any atom is 0.312 e. The molecule has 1 aromatic rings. The summed E-state index contributed by atoms with van der Waals surface area (Å²) in [5.41, 5.74) is 0.190. The van der Waals surface area contributed by atoms with E-state index in [1.165, 1.54) is 21.9 Å². The number of carbonyl (C=O) groups is 2. The number of hydrogen-bond acceptors (Lipinski definition) is 3. The lowest BCUT2D eigenvalue weighted by atomic mass is 10.1. The second-order valence-corrected chi connectivity index (χ2v) is 4.91. The molecule has 2 rings (SSSR count). The lowest BCUT2D eigenvalue weighted by molar-refractivity contribution is -0.156. The fourth-order valence-corrected chi connectivity index (χ4v) is 2.34. The van der Waals surface area contributed by atoms with Crippen LogP contribution < -0.4 is 0 Å². The van der Waals surface area contributed by atoms with Crippen molar-refractivity contribution in [2.45, 2.75) is 19.9 Å². The summed E-state index contributed by atoms with van der Waals surface area (Å²) >= 11 is 0. The van der Waals surface area contributed by atoms with Gasteiger partial charge < -0.3 is 9.80 Å². The molecule has 1 heterocycles. The van der Waals surface area contributed by atoms with Crippen LogP contribution >= 0.6 is 0 Å². The molecule has 5 nitrogen and oxygen atoms in total. The lowest BCUT2D eigenvalue weighted by Gasteiger charge is -2.33. The van der Waals surface area contributed by atoms with Crippen LogP contribution in [0.4, 0.5) is 4.39 Å². The Morgan fingerprint density at radius 1 is 1.24 bits per heavy atom. The number of piperazine rings is 1. The van der Waals surface area contributed by atoms with Crippen LogP contribution in [0.25, 0.3) is 0 Å². The minimum atomic E-state index is -0.628. The lowest BCUT2D eigenvalue weighted by Crippen LogP contribution is -2.54. The number of hydrogen-bond donors (Lipinski definition) is 0. The summed E-state index contributed by atoms with van der Waals surface area (Å²) in [6, 6.07) is 6.23. The molecule has 0 saturated carbocycles. The molecule has 1 fully saturated rings. The van der Waals surface area contributed by atoms with Gasteiger partial charge in [-0.2, -0.15) is 5.26 Å². The molecule has 110 valence electrons. The monoisotopic (exact) mass is 289 g/mol. The van der Waals surface area contributed by atoms with Crippen molar-refractivity contribution in [3.05, 3.63) is 35.1 Å². The number of carbonyl (C=O) groups excluding carboxylic acids is 2. The van der Waals surface area contributed by atoms with E-state index in [0.717, 1.165) is 6.42 Å². The van der Waals surface area contributed by atoms with E-state index in [9.17, 15) is 14.0 Å². The zero-order valence-electron chi connectivity index (χ0n) is 11.8. The van der Waals surface area contributed by atoms with Gasteiger partial charge in [0.2, 0.25) is 0 Å². The number of amides is 2.